The van der Waals surface area contributed by atoms with E-state index >= 15 is 0 Å². The number of hydrogen-bond donors (Lipinski definition) is 1. The molecule has 0 aliphatic heterocycles. The summed E-state index contributed by atoms with van der Waals surface area (Å²) in [5, 5.41) is 7.09. The molecule has 0 spiro atoms. The van der Waals surface area contributed by atoms with E-state index in [0.717, 1.165) is 10.2 Å². The van der Waals surface area contributed by atoms with Gasteiger partial charge in [0, 0.05) is 17.6 Å². The fourth-order valence-corrected chi connectivity index (χ4v) is 3.02. The summed E-state index contributed by atoms with van der Waals surface area (Å²) in [6.45, 7) is 5.52. The third-order valence-electron chi connectivity index (χ3n) is 3.56. The fourth-order valence-electron chi connectivity index (χ4n) is 2.15. The summed E-state index contributed by atoms with van der Waals surface area (Å²) in [6.07, 6.45) is 2.81. The molecule has 3 aromatic rings. The Morgan fingerprint density at radius 1 is 1.30 bits per heavy atom. The Labute approximate surface area is 160 Å². The highest BCUT2D eigenvalue weighted by molar-refractivity contribution is 7.19. The average molecular weight is 385 g/mol. The SMILES string of the molecule is CC(C)(C)c1cc(NC(=O)COC(=O)/C=C/c2nc3ccccc3s2)on1. The van der Waals surface area contributed by atoms with Crippen molar-refractivity contribution in [2.45, 2.75) is 26.2 Å². The van der Waals surface area contributed by atoms with Crippen LogP contribution in [0.2, 0.25) is 0 Å². The van der Waals surface area contributed by atoms with Gasteiger partial charge in [-0.15, -0.1) is 11.3 Å². The van der Waals surface area contributed by atoms with E-state index in [4.69, 9.17) is 9.26 Å². The van der Waals surface area contributed by atoms with Crippen LogP contribution in [-0.2, 0) is 19.7 Å². The van der Waals surface area contributed by atoms with Crippen molar-refractivity contribution in [1.82, 2.24) is 10.1 Å². The van der Waals surface area contributed by atoms with Crippen molar-refractivity contribution in [2.24, 2.45) is 0 Å². The Kier molecular flexibility index (Phi) is 5.36. The van der Waals surface area contributed by atoms with Gasteiger partial charge in [0.05, 0.1) is 15.9 Å². The number of anilines is 1. The van der Waals surface area contributed by atoms with Crippen LogP contribution in [0.1, 0.15) is 31.5 Å². The van der Waals surface area contributed by atoms with Crippen LogP contribution >= 0.6 is 11.3 Å². The average Bonchev–Trinajstić information content (AvgIpc) is 3.24. The molecule has 2 heterocycles. The lowest BCUT2D eigenvalue weighted by Gasteiger charge is -2.12. The van der Waals surface area contributed by atoms with E-state index in [9.17, 15) is 9.59 Å². The third-order valence-corrected chi connectivity index (χ3v) is 4.56. The topological polar surface area (TPSA) is 94.3 Å². The Balaban J connectivity index is 1.49. The lowest BCUT2D eigenvalue weighted by molar-refractivity contribution is -0.142. The normalized spacial score (nSPS) is 11.8. The highest BCUT2D eigenvalue weighted by Crippen LogP contribution is 2.24. The zero-order valence-corrected chi connectivity index (χ0v) is 16.0. The smallest absolute Gasteiger partial charge is 0.331 e. The van der Waals surface area contributed by atoms with E-state index in [-0.39, 0.29) is 11.3 Å². The lowest BCUT2D eigenvalue weighted by atomic mass is 9.92. The van der Waals surface area contributed by atoms with Gasteiger partial charge in [-0.3, -0.25) is 10.1 Å². The molecule has 0 atom stereocenters. The van der Waals surface area contributed by atoms with E-state index in [1.807, 2.05) is 45.0 Å². The number of nitrogens with one attached hydrogen (secondary N) is 1. The van der Waals surface area contributed by atoms with Gasteiger partial charge in [-0.1, -0.05) is 38.1 Å². The Morgan fingerprint density at radius 3 is 2.78 bits per heavy atom. The number of thiazole rings is 1. The summed E-state index contributed by atoms with van der Waals surface area (Å²) >= 11 is 1.47. The molecule has 1 aromatic carbocycles. The molecule has 140 valence electrons. The van der Waals surface area contributed by atoms with Gasteiger partial charge in [-0.2, -0.15) is 0 Å². The minimum atomic E-state index is -0.627. The molecular formula is C19H19N3O4S. The number of ether oxygens (including phenoxy) is 1. The van der Waals surface area contributed by atoms with Crippen LogP contribution in [0.3, 0.4) is 0 Å². The number of hydrogen-bond acceptors (Lipinski definition) is 7. The largest absolute Gasteiger partial charge is 0.452 e. The van der Waals surface area contributed by atoms with Crippen LogP contribution in [0.5, 0.6) is 0 Å². The highest BCUT2D eigenvalue weighted by Gasteiger charge is 2.19. The zero-order valence-electron chi connectivity index (χ0n) is 15.2. The standard InChI is InChI=1S/C19H19N3O4S/c1-19(2,3)14-10-16(26-22-14)21-15(23)11-25-18(24)9-8-17-20-12-6-4-5-7-13(12)27-17/h4-10H,11H2,1-3H3,(H,21,23)/b9-8+. The van der Waals surface area contributed by atoms with Crippen LogP contribution in [-0.4, -0.2) is 28.6 Å². The molecule has 2 aromatic heterocycles. The molecule has 1 N–H and O–H groups in total. The fraction of sp³-hybridized carbons (Fsp3) is 0.263. The Bertz CT molecular complexity index is 965. The van der Waals surface area contributed by atoms with Gasteiger partial charge in [0.15, 0.2) is 6.61 Å². The Hall–Kier alpha value is -3.00. The van der Waals surface area contributed by atoms with Crippen LogP contribution in [0, 0.1) is 0 Å². The van der Waals surface area contributed by atoms with Gasteiger partial charge >= 0.3 is 5.97 Å². The summed E-state index contributed by atoms with van der Waals surface area (Å²) in [4.78, 5) is 28.0. The van der Waals surface area contributed by atoms with Crippen LogP contribution < -0.4 is 5.32 Å². The van der Waals surface area contributed by atoms with Crippen molar-refractivity contribution in [1.29, 1.82) is 0 Å². The molecule has 0 bridgehead atoms. The van der Waals surface area contributed by atoms with E-state index < -0.39 is 18.5 Å². The number of para-hydroxylation sites is 1. The summed E-state index contributed by atoms with van der Waals surface area (Å²) in [5.41, 5.74) is 1.40. The molecule has 8 heteroatoms. The third kappa shape index (κ3) is 5.01. The molecule has 1 amide bonds. The van der Waals surface area contributed by atoms with Crippen molar-refractivity contribution in [3.8, 4) is 0 Å². The summed E-state index contributed by atoms with van der Waals surface area (Å²) in [7, 11) is 0. The molecule has 3 rings (SSSR count). The predicted octanol–water partition coefficient (Wildman–Crippen LogP) is 3.78. The molecule has 27 heavy (non-hydrogen) atoms. The Morgan fingerprint density at radius 2 is 2.07 bits per heavy atom. The second-order valence-corrected chi connectivity index (χ2v) is 7.90. The van der Waals surface area contributed by atoms with E-state index in [0.29, 0.717) is 10.7 Å². The molecular weight excluding hydrogens is 366 g/mol. The number of esters is 1. The van der Waals surface area contributed by atoms with Crippen LogP contribution in [0.4, 0.5) is 5.88 Å². The van der Waals surface area contributed by atoms with Gasteiger partial charge < -0.3 is 9.26 Å². The molecule has 7 nitrogen and oxygen atoms in total. The van der Waals surface area contributed by atoms with Crippen LogP contribution in [0.15, 0.2) is 40.9 Å². The number of aromatic nitrogens is 2. The number of benzene rings is 1. The summed E-state index contributed by atoms with van der Waals surface area (Å²) in [5.74, 6) is -0.920. The predicted molar refractivity (Wildman–Crippen MR) is 103 cm³/mol. The number of rotatable bonds is 5. The van der Waals surface area contributed by atoms with Crippen molar-refractivity contribution in [2.75, 3.05) is 11.9 Å². The van der Waals surface area contributed by atoms with Crippen molar-refractivity contribution in [3.63, 3.8) is 0 Å². The van der Waals surface area contributed by atoms with Crippen LogP contribution in [0.25, 0.3) is 16.3 Å². The molecule has 0 radical (unpaired) electrons. The maximum absolute atomic E-state index is 11.9. The van der Waals surface area contributed by atoms with Gasteiger partial charge in [-0.05, 0) is 18.2 Å². The van der Waals surface area contributed by atoms with Gasteiger partial charge in [0.25, 0.3) is 5.91 Å². The second kappa shape index (κ2) is 7.71. The van der Waals surface area contributed by atoms with Crippen molar-refractivity contribution >= 4 is 45.4 Å². The zero-order chi connectivity index (χ0) is 19.4. The minimum Gasteiger partial charge on any atom is -0.452 e. The monoisotopic (exact) mass is 385 g/mol. The molecule has 0 aliphatic rings. The van der Waals surface area contributed by atoms with Crippen molar-refractivity contribution < 1.29 is 18.8 Å². The molecule has 0 fully saturated rings. The van der Waals surface area contributed by atoms with E-state index in [2.05, 4.69) is 15.5 Å². The summed E-state index contributed by atoms with van der Waals surface area (Å²) < 4.78 is 11.0. The number of fused-ring (bicyclic) bond motifs is 1. The maximum atomic E-state index is 11.9. The quantitative estimate of drug-likeness (QED) is 0.531. The second-order valence-electron chi connectivity index (χ2n) is 6.84. The summed E-state index contributed by atoms with van der Waals surface area (Å²) in [6, 6.07) is 9.34. The number of nitrogens with zero attached hydrogens (tertiary/aromatic N) is 2. The molecule has 0 saturated heterocycles. The number of carbonyl (C=O) groups excluding carboxylic acids is 2. The molecule has 0 aliphatic carbocycles. The number of amides is 1. The first kappa shape index (κ1) is 18.8. The first-order valence-electron chi connectivity index (χ1n) is 8.29. The van der Waals surface area contributed by atoms with E-state index in [1.165, 1.54) is 17.4 Å². The minimum absolute atomic E-state index is 0.190. The van der Waals surface area contributed by atoms with Gasteiger partial charge in [0.2, 0.25) is 5.88 Å². The maximum Gasteiger partial charge on any atom is 0.331 e. The first-order chi connectivity index (χ1) is 12.8. The van der Waals surface area contributed by atoms with Gasteiger partial charge in [0.1, 0.15) is 5.01 Å². The molecule has 0 unspecified atom stereocenters. The van der Waals surface area contributed by atoms with E-state index in [1.54, 1.807) is 12.1 Å². The van der Waals surface area contributed by atoms with Gasteiger partial charge in [-0.25, -0.2) is 9.78 Å². The number of carbonyl (C=O) groups is 2. The first-order valence-corrected chi connectivity index (χ1v) is 9.10. The highest BCUT2D eigenvalue weighted by atomic mass is 32.1. The molecule has 0 saturated carbocycles. The van der Waals surface area contributed by atoms with Crippen molar-refractivity contribution in [3.05, 3.63) is 47.1 Å². The lowest BCUT2D eigenvalue weighted by Crippen LogP contribution is -2.19.